The second kappa shape index (κ2) is 2.52. The molecule has 0 atom stereocenters. The number of nitrogens with zero attached hydrogens (tertiary/aromatic N) is 1. The monoisotopic (exact) mass is 166 g/mol. The van der Waals surface area contributed by atoms with Crippen LogP contribution in [0.1, 0.15) is 0 Å². The second-order valence-electron chi connectivity index (χ2n) is 1.80. The third kappa shape index (κ3) is 0.978. The summed E-state index contributed by atoms with van der Waals surface area (Å²) < 4.78 is 0. The Morgan fingerprint density at radius 1 is 1.50 bits per heavy atom. The van der Waals surface area contributed by atoms with Crippen LogP contribution >= 0.6 is 22.7 Å². The fourth-order valence-corrected chi connectivity index (χ4v) is 1.98. The van der Waals surface area contributed by atoms with Crippen LogP contribution in [0.5, 0.6) is 0 Å². The smallest absolute Gasteiger partial charge is 0.152 e. The molecule has 0 fully saturated rings. The van der Waals surface area contributed by atoms with E-state index in [4.69, 9.17) is 0 Å². The quantitative estimate of drug-likeness (QED) is 0.634. The molecule has 1 radical (unpaired) electrons. The summed E-state index contributed by atoms with van der Waals surface area (Å²) in [5.74, 6) is 0. The van der Waals surface area contributed by atoms with Crippen LogP contribution in [0.15, 0.2) is 22.9 Å². The highest BCUT2D eigenvalue weighted by atomic mass is 32.1. The predicted molar refractivity (Wildman–Crippen MR) is 44.3 cm³/mol. The molecule has 2 aromatic heterocycles. The summed E-state index contributed by atoms with van der Waals surface area (Å²) in [5.41, 5.74) is 3.86. The SMILES string of the molecule is [c]1nc(-c2cccs2)cs1. The largest absolute Gasteiger partial charge is 0.233 e. The maximum Gasteiger partial charge on any atom is 0.152 e. The van der Waals surface area contributed by atoms with Crippen LogP contribution < -0.4 is 0 Å². The number of thiophene rings is 1. The lowest BCUT2D eigenvalue weighted by molar-refractivity contribution is 1.42. The second-order valence-corrected chi connectivity index (χ2v) is 3.40. The molecule has 0 aliphatic carbocycles. The molecular weight excluding hydrogens is 162 g/mol. The van der Waals surface area contributed by atoms with Gasteiger partial charge in [-0.25, -0.2) is 4.98 Å². The first-order chi connectivity index (χ1) is 4.97. The summed E-state index contributed by atoms with van der Waals surface area (Å²) in [7, 11) is 0. The first-order valence-corrected chi connectivity index (χ1v) is 4.58. The van der Waals surface area contributed by atoms with Gasteiger partial charge < -0.3 is 0 Å². The van der Waals surface area contributed by atoms with Crippen molar-refractivity contribution < 1.29 is 0 Å². The zero-order valence-electron chi connectivity index (χ0n) is 5.07. The third-order valence-corrected chi connectivity index (χ3v) is 2.59. The average molecular weight is 166 g/mol. The highest BCUT2D eigenvalue weighted by Gasteiger charge is 1.97. The minimum absolute atomic E-state index is 1.04. The van der Waals surface area contributed by atoms with Crippen LogP contribution in [0, 0.1) is 5.51 Å². The first kappa shape index (κ1) is 6.07. The number of hydrogen-bond donors (Lipinski definition) is 0. The number of thiazole rings is 1. The Hall–Kier alpha value is -0.670. The van der Waals surface area contributed by atoms with E-state index in [0.29, 0.717) is 0 Å². The average Bonchev–Trinajstić information content (AvgIpc) is 2.59. The summed E-state index contributed by atoms with van der Waals surface area (Å²) >= 11 is 3.21. The fraction of sp³-hybridized carbons (Fsp3) is 0. The molecule has 10 heavy (non-hydrogen) atoms. The lowest BCUT2D eigenvalue weighted by Crippen LogP contribution is -1.66. The molecule has 3 heteroatoms. The molecule has 0 unspecified atom stereocenters. The molecule has 0 saturated carbocycles. The molecule has 49 valence electrons. The minimum Gasteiger partial charge on any atom is -0.233 e. The van der Waals surface area contributed by atoms with E-state index in [-0.39, 0.29) is 0 Å². The number of rotatable bonds is 1. The summed E-state index contributed by atoms with van der Waals surface area (Å²) in [6, 6.07) is 4.09. The summed E-state index contributed by atoms with van der Waals surface area (Å²) in [5, 5.41) is 4.06. The lowest BCUT2D eigenvalue weighted by atomic mass is 10.4. The normalized spacial score (nSPS) is 10.0. The van der Waals surface area contributed by atoms with Crippen molar-refractivity contribution >= 4 is 22.7 Å². The van der Waals surface area contributed by atoms with E-state index in [1.807, 2.05) is 11.4 Å². The summed E-state index contributed by atoms with van der Waals surface area (Å²) in [6.07, 6.45) is 0. The van der Waals surface area contributed by atoms with Gasteiger partial charge in [-0.1, -0.05) is 6.07 Å². The maximum absolute atomic E-state index is 4.06. The van der Waals surface area contributed by atoms with Crippen LogP contribution in [0.3, 0.4) is 0 Å². The number of aromatic nitrogens is 1. The van der Waals surface area contributed by atoms with Crippen LogP contribution in [-0.2, 0) is 0 Å². The van der Waals surface area contributed by atoms with Gasteiger partial charge >= 0.3 is 0 Å². The zero-order valence-corrected chi connectivity index (χ0v) is 6.71. The molecule has 0 spiro atoms. The van der Waals surface area contributed by atoms with Crippen LogP contribution in [0.4, 0.5) is 0 Å². The van der Waals surface area contributed by atoms with Gasteiger partial charge in [0.25, 0.3) is 0 Å². The molecule has 0 amide bonds. The van der Waals surface area contributed by atoms with E-state index in [1.165, 1.54) is 16.2 Å². The Labute approximate surface area is 67.0 Å². The van der Waals surface area contributed by atoms with E-state index < -0.39 is 0 Å². The number of hydrogen-bond acceptors (Lipinski definition) is 3. The minimum atomic E-state index is 1.04. The summed E-state index contributed by atoms with van der Waals surface area (Å²) in [6.45, 7) is 0. The van der Waals surface area contributed by atoms with Gasteiger partial charge in [0.05, 0.1) is 10.6 Å². The Morgan fingerprint density at radius 3 is 3.10 bits per heavy atom. The standard InChI is InChI=1S/C7H4NS2/c1-2-7(10-3-1)6-4-9-5-8-6/h1-4H. The molecule has 0 aliphatic rings. The van der Waals surface area contributed by atoms with E-state index in [9.17, 15) is 0 Å². The Bertz CT molecular complexity index is 251. The summed E-state index contributed by atoms with van der Waals surface area (Å²) in [4.78, 5) is 5.28. The van der Waals surface area contributed by atoms with Crippen molar-refractivity contribution in [2.75, 3.05) is 0 Å². The van der Waals surface area contributed by atoms with Crippen LogP contribution in [0.2, 0.25) is 0 Å². The third-order valence-electron chi connectivity index (χ3n) is 1.16. The van der Waals surface area contributed by atoms with Gasteiger partial charge in [-0.2, -0.15) is 0 Å². The van der Waals surface area contributed by atoms with Gasteiger partial charge in [0.2, 0.25) is 0 Å². The van der Waals surface area contributed by atoms with Crippen molar-refractivity contribution in [1.29, 1.82) is 0 Å². The van der Waals surface area contributed by atoms with Crippen molar-refractivity contribution in [3.05, 3.63) is 28.4 Å². The van der Waals surface area contributed by atoms with E-state index in [1.54, 1.807) is 11.3 Å². The maximum atomic E-state index is 4.06. The Kier molecular flexibility index (Phi) is 1.53. The molecule has 0 aliphatic heterocycles. The molecule has 0 aromatic carbocycles. The van der Waals surface area contributed by atoms with Gasteiger partial charge in [0.1, 0.15) is 0 Å². The van der Waals surface area contributed by atoms with Crippen molar-refractivity contribution in [2.45, 2.75) is 0 Å². The van der Waals surface area contributed by atoms with Gasteiger partial charge in [-0.15, -0.1) is 22.7 Å². The predicted octanol–water partition coefficient (Wildman–Crippen LogP) is 2.67. The van der Waals surface area contributed by atoms with Gasteiger partial charge in [-0.3, -0.25) is 0 Å². The van der Waals surface area contributed by atoms with Crippen molar-refractivity contribution in [1.82, 2.24) is 4.98 Å². The van der Waals surface area contributed by atoms with E-state index in [0.717, 1.165) is 5.69 Å². The van der Waals surface area contributed by atoms with Gasteiger partial charge in [0, 0.05) is 5.38 Å². The molecule has 2 aromatic rings. The van der Waals surface area contributed by atoms with E-state index >= 15 is 0 Å². The molecule has 2 rings (SSSR count). The molecule has 0 saturated heterocycles. The van der Waals surface area contributed by atoms with Crippen molar-refractivity contribution in [3.63, 3.8) is 0 Å². The van der Waals surface area contributed by atoms with Crippen molar-refractivity contribution in [2.24, 2.45) is 0 Å². The highest BCUT2D eigenvalue weighted by Crippen LogP contribution is 2.23. The molecular formula is C7H4NS2. The van der Waals surface area contributed by atoms with E-state index in [2.05, 4.69) is 21.9 Å². The van der Waals surface area contributed by atoms with Gasteiger partial charge in [0.15, 0.2) is 5.51 Å². The van der Waals surface area contributed by atoms with Crippen molar-refractivity contribution in [3.8, 4) is 10.6 Å². The Morgan fingerprint density at radius 2 is 2.50 bits per heavy atom. The highest BCUT2D eigenvalue weighted by molar-refractivity contribution is 7.14. The van der Waals surface area contributed by atoms with Crippen LogP contribution in [0.25, 0.3) is 10.6 Å². The molecule has 2 heterocycles. The first-order valence-electron chi connectivity index (χ1n) is 2.82. The topological polar surface area (TPSA) is 12.9 Å². The fourth-order valence-electron chi connectivity index (χ4n) is 0.722. The Balaban J connectivity index is 2.48. The molecule has 1 nitrogen and oxygen atoms in total. The van der Waals surface area contributed by atoms with Crippen LogP contribution in [-0.4, -0.2) is 4.98 Å². The molecule has 0 bridgehead atoms. The zero-order chi connectivity index (χ0) is 6.81. The lowest BCUT2D eigenvalue weighted by Gasteiger charge is -1.83. The van der Waals surface area contributed by atoms with Gasteiger partial charge in [-0.05, 0) is 11.4 Å². The molecule has 0 N–H and O–H groups in total.